The van der Waals surface area contributed by atoms with Crippen LogP contribution in [0.1, 0.15) is 37.8 Å². The van der Waals surface area contributed by atoms with Gasteiger partial charge in [-0.3, -0.25) is 4.79 Å². The first kappa shape index (κ1) is 14.9. The minimum atomic E-state index is -0.169. The van der Waals surface area contributed by atoms with Gasteiger partial charge in [-0.1, -0.05) is 6.92 Å². The lowest BCUT2D eigenvalue weighted by Gasteiger charge is -2.29. The number of thioether (sulfide) groups is 1. The molecule has 1 fully saturated rings. The average molecular weight is 308 g/mol. The van der Waals surface area contributed by atoms with Crippen LogP contribution in [-0.4, -0.2) is 35.7 Å². The van der Waals surface area contributed by atoms with Crippen LogP contribution < -0.4 is 5.32 Å². The summed E-state index contributed by atoms with van der Waals surface area (Å²) in [6.45, 7) is 3.52. The lowest BCUT2D eigenvalue weighted by atomic mass is 10.0. The van der Waals surface area contributed by atoms with Gasteiger partial charge in [0, 0.05) is 36.5 Å². The van der Waals surface area contributed by atoms with E-state index >= 15 is 0 Å². The molecule has 3 nitrogen and oxygen atoms in total. The van der Waals surface area contributed by atoms with E-state index in [0.717, 1.165) is 37.2 Å². The fraction of sp³-hybridized carbons (Fsp3) is 0.562. The molecule has 0 bridgehead atoms. The van der Waals surface area contributed by atoms with E-state index in [-0.39, 0.29) is 17.8 Å². The van der Waals surface area contributed by atoms with Gasteiger partial charge in [-0.25, -0.2) is 4.39 Å². The van der Waals surface area contributed by atoms with Gasteiger partial charge in [0.2, 0.25) is 5.91 Å². The van der Waals surface area contributed by atoms with E-state index in [9.17, 15) is 9.18 Å². The molecule has 0 aromatic heterocycles. The van der Waals surface area contributed by atoms with Crippen LogP contribution >= 0.6 is 11.8 Å². The third-order valence-electron chi connectivity index (χ3n) is 4.29. The lowest BCUT2D eigenvalue weighted by Crippen LogP contribution is -2.38. The van der Waals surface area contributed by atoms with E-state index < -0.39 is 0 Å². The standard InChI is InChI=1S/C16H21FN2OS/c1-2-16(20)19-7-5-12(10-19)18-14-6-8-21-15-4-3-11(17)9-13(14)15/h3-4,9,12,14,18H,2,5-8,10H2,1H3/t12-,14+/m0/s1. The third kappa shape index (κ3) is 3.24. The Morgan fingerprint density at radius 3 is 3.14 bits per heavy atom. The number of nitrogens with one attached hydrogen (secondary N) is 1. The van der Waals surface area contributed by atoms with Gasteiger partial charge in [0.25, 0.3) is 0 Å². The summed E-state index contributed by atoms with van der Waals surface area (Å²) in [5.41, 5.74) is 1.08. The molecule has 2 heterocycles. The summed E-state index contributed by atoms with van der Waals surface area (Å²) in [7, 11) is 0. The SMILES string of the molecule is CCC(=O)N1CC[C@H](N[C@@H]2CCSc3ccc(F)cc32)C1. The highest BCUT2D eigenvalue weighted by molar-refractivity contribution is 7.99. The van der Waals surface area contributed by atoms with Crippen LogP contribution in [0.4, 0.5) is 4.39 Å². The van der Waals surface area contributed by atoms with Crippen molar-refractivity contribution in [1.82, 2.24) is 10.2 Å². The van der Waals surface area contributed by atoms with Crippen LogP contribution in [0.2, 0.25) is 0 Å². The molecule has 0 spiro atoms. The van der Waals surface area contributed by atoms with Crippen LogP contribution in [0.5, 0.6) is 0 Å². The molecule has 0 aliphatic carbocycles. The highest BCUT2D eigenvalue weighted by Gasteiger charge is 2.29. The molecular formula is C16H21FN2OS. The largest absolute Gasteiger partial charge is 0.341 e. The summed E-state index contributed by atoms with van der Waals surface area (Å²) >= 11 is 1.80. The van der Waals surface area contributed by atoms with E-state index in [1.54, 1.807) is 17.8 Å². The number of hydrogen-bond acceptors (Lipinski definition) is 3. The third-order valence-corrected chi connectivity index (χ3v) is 5.41. The zero-order valence-corrected chi connectivity index (χ0v) is 13.1. The number of rotatable bonds is 3. The molecule has 5 heteroatoms. The summed E-state index contributed by atoms with van der Waals surface area (Å²) in [6.07, 6.45) is 2.57. The smallest absolute Gasteiger partial charge is 0.222 e. The minimum Gasteiger partial charge on any atom is -0.341 e. The molecule has 1 aromatic carbocycles. The van der Waals surface area contributed by atoms with Crippen molar-refractivity contribution in [3.05, 3.63) is 29.6 Å². The lowest BCUT2D eigenvalue weighted by molar-refractivity contribution is -0.129. The maximum absolute atomic E-state index is 13.5. The molecule has 2 aliphatic rings. The molecule has 0 radical (unpaired) electrons. The van der Waals surface area contributed by atoms with Crippen molar-refractivity contribution in [3.8, 4) is 0 Å². The number of likely N-dealkylation sites (tertiary alicyclic amines) is 1. The van der Waals surface area contributed by atoms with Gasteiger partial charge in [0.15, 0.2) is 0 Å². The van der Waals surface area contributed by atoms with E-state index in [4.69, 9.17) is 0 Å². The van der Waals surface area contributed by atoms with Crippen molar-refractivity contribution in [1.29, 1.82) is 0 Å². The molecule has 114 valence electrons. The number of amides is 1. The number of carbonyl (C=O) groups is 1. The summed E-state index contributed by atoms with van der Waals surface area (Å²) in [4.78, 5) is 14.9. The second-order valence-corrected chi connectivity index (χ2v) is 6.85. The van der Waals surface area contributed by atoms with Gasteiger partial charge in [-0.05, 0) is 42.4 Å². The monoisotopic (exact) mass is 308 g/mol. The Kier molecular flexibility index (Phi) is 4.50. The molecule has 1 saturated heterocycles. The second-order valence-electron chi connectivity index (χ2n) is 5.72. The normalized spacial score (nSPS) is 25.0. The van der Waals surface area contributed by atoms with Crippen molar-refractivity contribution < 1.29 is 9.18 Å². The Morgan fingerprint density at radius 2 is 2.33 bits per heavy atom. The Bertz CT molecular complexity index is 537. The minimum absolute atomic E-state index is 0.169. The molecule has 1 aromatic rings. The molecular weight excluding hydrogens is 287 g/mol. The molecule has 2 aliphatic heterocycles. The van der Waals surface area contributed by atoms with Crippen LogP contribution in [0.3, 0.4) is 0 Å². The fourth-order valence-electron chi connectivity index (χ4n) is 3.17. The quantitative estimate of drug-likeness (QED) is 0.932. The molecule has 2 atom stereocenters. The van der Waals surface area contributed by atoms with Crippen LogP contribution in [0.25, 0.3) is 0 Å². The highest BCUT2D eigenvalue weighted by atomic mass is 32.2. The van der Waals surface area contributed by atoms with Gasteiger partial charge in [0.05, 0.1) is 0 Å². The topological polar surface area (TPSA) is 32.3 Å². The van der Waals surface area contributed by atoms with Crippen molar-refractivity contribution in [2.75, 3.05) is 18.8 Å². The Hall–Kier alpha value is -1.07. The molecule has 1 N–H and O–H groups in total. The average Bonchev–Trinajstić information content (AvgIpc) is 2.95. The number of hydrogen-bond donors (Lipinski definition) is 1. The Morgan fingerprint density at radius 1 is 1.48 bits per heavy atom. The highest BCUT2D eigenvalue weighted by Crippen LogP contribution is 2.37. The molecule has 0 unspecified atom stereocenters. The maximum Gasteiger partial charge on any atom is 0.222 e. The first-order valence-corrected chi connectivity index (χ1v) is 8.62. The van der Waals surface area contributed by atoms with Gasteiger partial charge < -0.3 is 10.2 Å². The second kappa shape index (κ2) is 6.36. The Balaban J connectivity index is 1.67. The maximum atomic E-state index is 13.5. The van der Waals surface area contributed by atoms with Crippen LogP contribution in [-0.2, 0) is 4.79 Å². The Labute approximate surface area is 129 Å². The number of carbonyl (C=O) groups excluding carboxylic acids is 1. The number of benzene rings is 1. The zero-order valence-electron chi connectivity index (χ0n) is 12.3. The predicted molar refractivity (Wildman–Crippen MR) is 82.9 cm³/mol. The summed E-state index contributed by atoms with van der Waals surface area (Å²) < 4.78 is 13.5. The summed E-state index contributed by atoms with van der Waals surface area (Å²) in [6, 6.07) is 5.60. The summed E-state index contributed by atoms with van der Waals surface area (Å²) in [5, 5.41) is 3.64. The van der Waals surface area contributed by atoms with Crippen LogP contribution in [0.15, 0.2) is 23.1 Å². The number of nitrogens with zero attached hydrogens (tertiary/aromatic N) is 1. The van der Waals surface area contributed by atoms with Gasteiger partial charge in [0.1, 0.15) is 5.82 Å². The van der Waals surface area contributed by atoms with Crippen LogP contribution in [0, 0.1) is 5.82 Å². The first-order chi connectivity index (χ1) is 10.2. The van der Waals surface area contributed by atoms with E-state index in [1.165, 1.54) is 11.0 Å². The van der Waals surface area contributed by atoms with E-state index in [1.807, 2.05) is 17.9 Å². The van der Waals surface area contributed by atoms with E-state index in [0.29, 0.717) is 12.5 Å². The van der Waals surface area contributed by atoms with Crippen molar-refractivity contribution in [2.45, 2.75) is 43.2 Å². The summed E-state index contributed by atoms with van der Waals surface area (Å²) in [5.74, 6) is 1.11. The number of halogens is 1. The van der Waals surface area contributed by atoms with Crippen molar-refractivity contribution >= 4 is 17.7 Å². The molecule has 3 rings (SSSR count). The van der Waals surface area contributed by atoms with E-state index in [2.05, 4.69) is 5.32 Å². The number of fused-ring (bicyclic) bond motifs is 1. The van der Waals surface area contributed by atoms with Crippen molar-refractivity contribution in [2.24, 2.45) is 0 Å². The van der Waals surface area contributed by atoms with Gasteiger partial charge in [-0.15, -0.1) is 11.8 Å². The van der Waals surface area contributed by atoms with Gasteiger partial charge >= 0.3 is 0 Å². The fourth-order valence-corrected chi connectivity index (χ4v) is 4.27. The first-order valence-electron chi connectivity index (χ1n) is 7.63. The van der Waals surface area contributed by atoms with Gasteiger partial charge in [-0.2, -0.15) is 0 Å². The molecule has 1 amide bonds. The predicted octanol–water partition coefficient (Wildman–Crippen LogP) is 2.96. The molecule has 0 saturated carbocycles. The zero-order chi connectivity index (χ0) is 14.8. The van der Waals surface area contributed by atoms with Crippen molar-refractivity contribution in [3.63, 3.8) is 0 Å². The molecule has 21 heavy (non-hydrogen) atoms.